The van der Waals surface area contributed by atoms with Crippen LogP contribution < -0.4 is 5.32 Å². The van der Waals surface area contributed by atoms with E-state index in [-0.39, 0.29) is 0 Å². The molecule has 1 amide bonds. The van der Waals surface area contributed by atoms with Crippen LogP contribution in [0.3, 0.4) is 0 Å². The van der Waals surface area contributed by atoms with Gasteiger partial charge in [-0.05, 0) is 23.3 Å². The number of benzene rings is 2. The second-order valence-corrected chi connectivity index (χ2v) is 7.77. The second kappa shape index (κ2) is 14.2. The molecule has 2 aromatic carbocycles. The summed E-state index contributed by atoms with van der Waals surface area (Å²) in [5.41, 5.74) is 6.36. The molecule has 0 aliphatic rings. The number of ether oxygens (including phenoxy) is 1. The van der Waals surface area contributed by atoms with Crippen LogP contribution in [-0.4, -0.2) is 34.6 Å². The Morgan fingerprint density at radius 1 is 0.872 bits per heavy atom. The van der Waals surface area contributed by atoms with Gasteiger partial charge in [0.25, 0.3) is 0 Å². The first-order valence-electron chi connectivity index (χ1n) is 12.8. The molecule has 200 valence electrons. The Bertz CT molecular complexity index is 1510. The lowest BCUT2D eigenvalue weighted by atomic mass is 10.00. The summed E-state index contributed by atoms with van der Waals surface area (Å²) in [5, 5.41) is 7.26. The SMILES string of the molecule is CC.CC.COC(=O)c1cc(-c2ccc(-c3ccc(-c4cc(CNC=O)on4)cc3)cc2)nc2ccncc12. The van der Waals surface area contributed by atoms with Gasteiger partial charge in [0.1, 0.15) is 5.69 Å². The highest BCUT2D eigenvalue weighted by Gasteiger charge is 2.15. The maximum Gasteiger partial charge on any atom is 0.338 e. The Kier molecular flexibility index (Phi) is 10.4. The van der Waals surface area contributed by atoms with Gasteiger partial charge in [-0.2, -0.15) is 0 Å². The average molecular weight is 525 g/mol. The molecular formula is C31H32N4O4. The van der Waals surface area contributed by atoms with Gasteiger partial charge in [0.2, 0.25) is 6.41 Å². The van der Waals surface area contributed by atoms with E-state index >= 15 is 0 Å². The quantitative estimate of drug-likeness (QED) is 0.186. The van der Waals surface area contributed by atoms with Crippen LogP contribution in [-0.2, 0) is 16.1 Å². The minimum absolute atomic E-state index is 0.297. The monoisotopic (exact) mass is 524 g/mol. The van der Waals surface area contributed by atoms with Crippen LogP contribution >= 0.6 is 0 Å². The fourth-order valence-corrected chi connectivity index (χ4v) is 3.84. The Morgan fingerprint density at radius 2 is 1.46 bits per heavy atom. The predicted molar refractivity (Wildman–Crippen MR) is 153 cm³/mol. The summed E-state index contributed by atoms with van der Waals surface area (Å²) in [4.78, 5) is 31.6. The van der Waals surface area contributed by atoms with Crippen molar-refractivity contribution in [2.75, 3.05) is 7.11 Å². The summed E-state index contributed by atoms with van der Waals surface area (Å²) < 4.78 is 10.2. The summed E-state index contributed by atoms with van der Waals surface area (Å²) in [6.07, 6.45) is 3.88. The molecule has 0 saturated carbocycles. The Labute approximate surface area is 228 Å². The number of nitrogens with zero attached hydrogens (tertiary/aromatic N) is 3. The van der Waals surface area contributed by atoms with E-state index < -0.39 is 5.97 Å². The molecule has 0 saturated heterocycles. The normalized spacial score (nSPS) is 9.97. The van der Waals surface area contributed by atoms with Crippen LogP contribution in [0.25, 0.3) is 44.5 Å². The number of hydrogen-bond acceptors (Lipinski definition) is 7. The van der Waals surface area contributed by atoms with E-state index in [4.69, 9.17) is 14.2 Å². The number of esters is 1. The van der Waals surface area contributed by atoms with E-state index in [1.807, 2.05) is 76.2 Å². The van der Waals surface area contributed by atoms with Gasteiger partial charge in [-0.15, -0.1) is 0 Å². The van der Waals surface area contributed by atoms with Gasteiger partial charge in [-0.25, -0.2) is 9.78 Å². The Morgan fingerprint density at radius 3 is 2.05 bits per heavy atom. The number of methoxy groups -OCH3 is 1. The molecule has 0 unspecified atom stereocenters. The third-order valence-electron chi connectivity index (χ3n) is 5.63. The maximum atomic E-state index is 12.3. The van der Waals surface area contributed by atoms with Gasteiger partial charge in [-0.3, -0.25) is 9.78 Å². The third kappa shape index (κ3) is 6.73. The van der Waals surface area contributed by atoms with Gasteiger partial charge in [0, 0.05) is 35.0 Å². The molecule has 0 bridgehead atoms. The molecule has 39 heavy (non-hydrogen) atoms. The van der Waals surface area contributed by atoms with Crippen LogP contribution in [0, 0.1) is 0 Å². The van der Waals surface area contributed by atoms with Crippen molar-refractivity contribution in [2.45, 2.75) is 34.2 Å². The van der Waals surface area contributed by atoms with Crippen molar-refractivity contribution in [3.8, 4) is 33.6 Å². The van der Waals surface area contributed by atoms with Crippen molar-refractivity contribution in [1.82, 2.24) is 20.4 Å². The molecule has 8 nitrogen and oxygen atoms in total. The largest absolute Gasteiger partial charge is 0.465 e. The molecular weight excluding hydrogens is 492 g/mol. The molecule has 0 aliphatic heterocycles. The summed E-state index contributed by atoms with van der Waals surface area (Å²) >= 11 is 0. The topological polar surface area (TPSA) is 107 Å². The minimum Gasteiger partial charge on any atom is -0.465 e. The van der Waals surface area contributed by atoms with Crippen molar-refractivity contribution < 1.29 is 18.8 Å². The van der Waals surface area contributed by atoms with Crippen LogP contribution in [0.5, 0.6) is 0 Å². The third-order valence-corrected chi connectivity index (χ3v) is 5.63. The molecule has 0 aliphatic carbocycles. The first-order chi connectivity index (χ1) is 19.2. The summed E-state index contributed by atoms with van der Waals surface area (Å²) in [5.74, 6) is 0.156. The van der Waals surface area contributed by atoms with E-state index in [9.17, 15) is 9.59 Å². The lowest BCUT2D eigenvalue weighted by Gasteiger charge is -2.09. The zero-order valence-corrected chi connectivity index (χ0v) is 22.8. The van der Waals surface area contributed by atoms with Crippen LogP contribution in [0.4, 0.5) is 0 Å². The highest BCUT2D eigenvalue weighted by molar-refractivity contribution is 6.04. The standard InChI is InChI=1S/C27H20N4O4.2C2H6/c1-34-27(33)22-13-25(30-24-10-11-28-15-23(22)24)19-6-2-17(3-7-19)18-4-8-20(9-5-18)26-12-21(35-31-26)14-29-16-32;2*1-2/h2-13,15-16H,14H2,1H3,(H,29,32);2*1-2H3. The van der Waals surface area contributed by atoms with Crippen LogP contribution in [0.2, 0.25) is 0 Å². The first kappa shape index (κ1) is 28.7. The lowest BCUT2D eigenvalue weighted by molar-refractivity contribution is -0.109. The van der Waals surface area contributed by atoms with Crippen molar-refractivity contribution in [2.24, 2.45) is 0 Å². The highest BCUT2D eigenvalue weighted by Crippen LogP contribution is 2.29. The van der Waals surface area contributed by atoms with Crippen molar-refractivity contribution >= 4 is 23.3 Å². The number of carbonyl (C=O) groups excluding carboxylic acids is 2. The number of fused-ring (bicyclic) bond motifs is 1. The molecule has 1 N–H and O–H groups in total. The number of amides is 1. The highest BCUT2D eigenvalue weighted by atomic mass is 16.5. The Hall–Kier alpha value is -4.85. The molecule has 5 rings (SSSR count). The summed E-state index contributed by atoms with van der Waals surface area (Å²) in [6, 6.07) is 21.3. The van der Waals surface area contributed by atoms with Crippen LogP contribution in [0.1, 0.15) is 43.8 Å². The molecule has 5 aromatic rings. The second-order valence-electron chi connectivity index (χ2n) is 7.77. The number of hydrogen-bond donors (Lipinski definition) is 1. The molecule has 0 atom stereocenters. The molecule has 3 aromatic heterocycles. The van der Waals surface area contributed by atoms with Crippen molar-refractivity contribution in [1.29, 1.82) is 0 Å². The van der Waals surface area contributed by atoms with Crippen molar-refractivity contribution in [3.63, 3.8) is 0 Å². The maximum absolute atomic E-state index is 12.3. The average Bonchev–Trinajstić information content (AvgIpc) is 3.50. The molecule has 0 radical (unpaired) electrons. The number of nitrogens with one attached hydrogen (secondary N) is 1. The van der Waals surface area contributed by atoms with Crippen LogP contribution in [0.15, 0.2) is 83.6 Å². The van der Waals surface area contributed by atoms with Gasteiger partial charge >= 0.3 is 5.97 Å². The van der Waals surface area contributed by atoms with Gasteiger partial charge < -0.3 is 14.6 Å². The fraction of sp³-hybridized carbons (Fsp3) is 0.194. The van der Waals surface area contributed by atoms with E-state index in [0.29, 0.717) is 46.6 Å². The first-order valence-corrected chi connectivity index (χ1v) is 12.8. The summed E-state index contributed by atoms with van der Waals surface area (Å²) in [6.45, 7) is 8.30. The van der Waals surface area contributed by atoms with Gasteiger partial charge in [-0.1, -0.05) is 81.4 Å². The van der Waals surface area contributed by atoms with E-state index in [1.54, 1.807) is 30.6 Å². The molecule has 0 fully saturated rings. The van der Waals surface area contributed by atoms with Gasteiger partial charge in [0.05, 0.1) is 30.4 Å². The summed E-state index contributed by atoms with van der Waals surface area (Å²) in [7, 11) is 1.36. The molecule has 8 heteroatoms. The van der Waals surface area contributed by atoms with E-state index in [2.05, 4.69) is 15.5 Å². The number of rotatable bonds is 7. The van der Waals surface area contributed by atoms with E-state index in [0.717, 1.165) is 22.3 Å². The zero-order chi connectivity index (χ0) is 28.2. The number of carbonyl (C=O) groups is 2. The number of aromatic nitrogens is 3. The minimum atomic E-state index is -0.428. The predicted octanol–water partition coefficient (Wildman–Crippen LogP) is 6.70. The van der Waals surface area contributed by atoms with Gasteiger partial charge in [0.15, 0.2) is 5.76 Å². The molecule has 0 spiro atoms. The smallest absolute Gasteiger partial charge is 0.338 e. The zero-order valence-electron chi connectivity index (χ0n) is 22.8. The van der Waals surface area contributed by atoms with E-state index in [1.165, 1.54) is 7.11 Å². The van der Waals surface area contributed by atoms with Crippen molar-refractivity contribution in [3.05, 3.63) is 90.4 Å². The fourth-order valence-electron chi connectivity index (χ4n) is 3.84. The number of pyridine rings is 2. The lowest BCUT2D eigenvalue weighted by Crippen LogP contribution is -2.08. The Balaban J connectivity index is 0.00000100. The molecule has 3 heterocycles.